The third-order valence-corrected chi connectivity index (χ3v) is 9.00. The van der Waals surface area contributed by atoms with Crippen LogP contribution in [0.25, 0.3) is 0 Å². The number of hydrogen-bond donors (Lipinski definition) is 0. The van der Waals surface area contributed by atoms with Gasteiger partial charge in [0, 0.05) is 12.5 Å². The number of methoxy groups -OCH3 is 1. The number of Topliss-reactive ketones (excluding diaryl/α,β-unsaturated/α-hetero) is 1. The van der Waals surface area contributed by atoms with Crippen molar-refractivity contribution in [3.63, 3.8) is 0 Å². The summed E-state index contributed by atoms with van der Waals surface area (Å²) in [6.07, 6.45) is 4.20. The van der Waals surface area contributed by atoms with E-state index in [0.29, 0.717) is 12.0 Å². The zero-order valence-corrected chi connectivity index (χ0v) is 18.3. The Hall–Kier alpha value is -2.22. The zero-order chi connectivity index (χ0) is 21.7. The normalized spacial score (nSPS) is 39.1. The summed E-state index contributed by atoms with van der Waals surface area (Å²) in [4.78, 5) is 13.8. The Morgan fingerprint density at radius 1 is 1.17 bits per heavy atom. The maximum atomic E-state index is 13.8. The quantitative estimate of drug-likeness (QED) is 0.540. The fraction of sp³-hybridized carbons (Fsp3) is 0.435. The van der Waals surface area contributed by atoms with Crippen LogP contribution in [-0.2, 0) is 28.6 Å². The van der Waals surface area contributed by atoms with Crippen LogP contribution < -0.4 is 0 Å². The third-order valence-electron chi connectivity index (χ3n) is 7.75. The molecular formula is C23H24O6S. The molecule has 6 rings (SSSR count). The number of benzene rings is 1. The number of carbonyl (C=O) groups is 1. The number of aryl methyl sites for hydroxylation is 1. The Kier molecular flexibility index (Phi) is 3.63. The van der Waals surface area contributed by atoms with Gasteiger partial charge in [0.25, 0.3) is 0 Å². The Labute approximate surface area is 176 Å². The van der Waals surface area contributed by atoms with E-state index in [9.17, 15) is 13.2 Å². The summed E-state index contributed by atoms with van der Waals surface area (Å²) >= 11 is 0. The molecule has 4 atom stereocenters. The van der Waals surface area contributed by atoms with Gasteiger partial charge in [0.15, 0.2) is 0 Å². The molecule has 4 aliphatic carbocycles. The second-order valence-corrected chi connectivity index (χ2v) is 10.5. The summed E-state index contributed by atoms with van der Waals surface area (Å²) < 4.78 is 43.8. The Morgan fingerprint density at radius 3 is 2.47 bits per heavy atom. The molecule has 0 radical (unpaired) electrons. The van der Waals surface area contributed by atoms with Gasteiger partial charge in [-0.05, 0) is 44.1 Å². The SMILES string of the molecule is C=C1CC=C2C13C=C(OS(=O)(=O)c1ccc(C)cc1)C1(C)C2(C)COC1(OC)C3=O. The number of hydrogen-bond acceptors (Lipinski definition) is 6. The summed E-state index contributed by atoms with van der Waals surface area (Å²) in [5.74, 6) is -1.73. The lowest BCUT2D eigenvalue weighted by atomic mass is 9.42. The van der Waals surface area contributed by atoms with Crippen molar-refractivity contribution >= 4 is 15.9 Å². The maximum absolute atomic E-state index is 13.8. The molecule has 30 heavy (non-hydrogen) atoms. The van der Waals surface area contributed by atoms with Crippen molar-refractivity contribution in [3.8, 4) is 0 Å². The monoisotopic (exact) mass is 428 g/mol. The lowest BCUT2D eigenvalue weighted by Crippen LogP contribution is -2.70. The van der Waals surface area contributed by atoms with Crippen LogP contribution >= 0.6 is 0 Å². The summed E-state index contributed by atoms with van der Waals surface area (Å²) in [5, 5.41) is 0. The lowest BCUT2D eigenvalue weighted by Gasteiger charge is -2.60. The number of ether oxygens (including phenoxy) is 2. The van der Waals surface area contributed by atoms with Crippen molar-refractivity contribution in [1.29, 1.82) is 0 Å². The van der Waals surface area contributed by atoms with Gasteiger partial charge in [-0.15, -0.1) is 0 Å². The van der Waals surface area contributed by atoms with Gasteiger partial charge < -0.3 is 13.7 Å². The standard InChI is InChI=1S/C23H24O6S/c1-14-6-9-16(10-7-14)30(25,26)29-18-12-22-15(2)8-11-17(22)20(3)13-28-23(27-5,19(22)24)21(18,20)4/h6-7,9-12H,2,8,13H2,1,3-5H3. The topological polar surface area (TPSA) is 78.9 Å². The molecule has 4 unspecified atom stereocenters. The van der Waals surface area contributed by atoms with E-state index in [4.69, 9.17) is 13.7 Å². The number of allylic oxidation sites excluding steroid dienone is 3. The predicted octanol–water partition coefficient (Wildman–Crippen LogP) is 3.44. The molecular weight excluding hydrogens is 404 g/mol. The zero-order valence-electron chi connectivity index (χ0n) is 17.4. The van der Waals surface area contributed by atoms with Gasteiger partial charge in [0.05, 0.1) is 17.4 Å². The molecule has 4 bridgehead atoms. The number of carbonyl (C=O) groups excluding carboxylic acids is 1. The molecule has 0 aromatic heterocycles. The second kappa shape index (κ2) is 5.52. The Balaban J connectivity index is 1.74. The highest BCUT2D eigenvalue weighted by molar-refractivity contribution is 7.86. The van der Waals surface area contributed by atoms with E-state index in [2.05, 4.69) is 6.58 Å². The molecule has 1 saturated heterocycles. The van der Waals surface area contributed by atoms with Crippen molar-refractivity contribution in [2.75, 3.05) is 13.7 Å². The highest BCUT2D eigenvalue weighted by Gasteiger charge is 2.84. The molecule has 1 heterocycles. The number of ketones is 1. The summed E-state index contributed by atoms with van der Waals surface area (Å²) in [6.45, 7) is 10.0. The first-order valence-corrected chi connectivity index (χ1v) is 11.3. The van der Waals surface area contributed by atoms with Crippen LogP contribution in [0.2, 0.25) is 0 Å². The van der Waals surface area contributed by atoms with Gasteiger partial charge in [-0.1, -0.05) is 42.8 Å². The Bertz CT molecular complexity index is 1180. The lowest BCUT2D eigenvalue weighted by molar-refractivity contribution is -0.243. The first kappa shape index (κ1) is 19.7. The smallest absolute Gasteiger partial charge is 0.338 e. The number of rotatable bonds is 4. The molecule has 5 aliphatic rings. The van der Waals surface area contributed by atoms with Crippen LogP contribution in [-0.4, -0.2) is 33.7 Å². The van der Waals surface area contributed by atoms with Gasteiger partial charge >= 0.3 is 10.1 Å². The summed E-state index contributed by atoms with van der Waals surface area (Å²) in [6, 6.07) is 6.45. The average molecular weight is 429 g/mol. The van der Waals surface area contributed by atoms with Crippen LogP contribution in [0.3, 0.4) is 0 Å². The highest BCUT2D eigenvalue weighted by Crippen LogP contribution is 2.77. The minimum absolute atomic E-state index is 0.0498. The molecule has 158 valence electrons. The van der Waals surface area contributed by atoms with E-state index >= 15 is 0 Å². The maximum Gasteiger partial charge on any atom is 0.338 e. The van der Waals surface area contributed by atoms with E-state index in [1.54, 1.807) is 25.1 Å². The highest BCUT2D eigenvalue weighted by atomic mass is 32.2. The van der Waals surface area contributed by atoms with Gasteiger partial charge in [-0.2, -0.15) is 8.42 Å². The van der Waals surface area contributed by atoms with Gasteiger partial charge in [0.2, 0.25) is 11.6 Å². The fourth-order valence-corrected chi connectivity index (χ4v) is 6.85. The van der Waals surface area contributed by atoms with Crippen LogP contribution in [0.1, 0.15) is 25.8 Å². The van der Waals surface area contributed by atoms with Crippen LogP contribution in [0, 0.1) is 23.2 Å². The summed E-state index contributed by atoms with van der Waals surface area (Å²) in [5.41, 5.74) is -0.480. The van der Waals surface area contributed by atoms with Crippen LogP contribution in [0.15, 0.2) is 64.8 Å². The first-order chi connectivity index (χ1) is 14.0. The van der Waals surface area contributed by atoms with Gasteiger partial charge in [0.1, 0.15) is 10.7 Å². The van der Waals surface area contributed by atoms with E-state index in [1.165, 1.54) is 19.2 Å². The minimum atomic E-state index is -4.12. The second-order valence-electron chi connectivity index (χ2n) is 8.99. The molecule has 0 amide bonds. The molecule has 1 saturated carbocycles. The molecule has 7 heteroatoms. The van der Waals surface area contributed by atoms with E-state index in [1.807, 2.05) is 19.9 Å². The molecule has 0 N–H and O–H groups in total. The minimum Gasteiger partial charge on any atom is -0.383 e. The molecule has 1 aromatic rings. The third kappa shape index (κ3) is 1.84. The molecule has 6 nitrogen and oxygen atoms in total. The van der Waals surface area contributed by atoms with Crippen molar-refractivity contribution in [3.05, 3.63) is 65.5 Å². The molecule has 1 spiro atoms. The average Bonchev–Trinajstić information content (AvgIpc) is 3.13. The van der Waals surface area contributed by atoms with E-state index in [-0.39, 0.29) is 23.0 Å². The van der Waals surface area contributed by atoms with E-state index < -0.39 is 32.2 Å². The Morgan fingerprint density at radius 2 is 1.83 bits per heavy atom. The van der Waals surface area contributed by atoms with E-state index in [0.717, 1.165) is 11.1 Å². The van der Waals surface area contributed by atoms with Crippen molar-refractivity contribution < 1.29 is 26.9 Å². The first-order valence-electron chi connectivity index (χ1n) is 9.87. The van der Waals surface area contributed by atoms with Crippen molar-refractivity contribution in [2.24, 2.45) is 16.2 Å². The molecule has 2 fully saturated rings. The van der Waals surface area contributed by atoms with Crippen molar-refractivity contribution in [1.82, 2.24) is 0 Å². The fourth-order valence-electron chi connectivity index (χ4n) is 5.83. The van der Waals surface area contributed by atoms with Crippen LogP contribution in [0.5, 0.6) is 0 Å². The molecule has 1 aromatic carbocycles. The van der Waals surface area contributed by atoms with Gasteiger partial charge in [-0.25, -0.2) is 0 Å². The summed E-state index contributed by atoms with van der Waals surface area (Å²) in [7, 11) is -2.71. The van der Waals surface area contributed by atoms with Crippen LogP contribution in [0.4, 0.5) is 0 Å². The predicted molar refractivity (Wildman–Crippen MR) is 109 cm³/mol. The van der Waals surface area contributed by atoms with Crippen molar-refractivity contribution in [2.45, 2.75) is 37.9 Å². The van der Waals surface area contributed by atoms with Gasteiger partial charge in [-0.3, -0.25) is 4.79 Å². The largest absolute Gasteiger partial charge is 0.383 e. The molecule has 1 aliphatic heterocycles.